The van der Waals surface area contributed by atoms with E-state index in [1.807, 2.05) is 0 Å². The maximum absolute atomic E-state index is 13.8. The van der Waals surface area contributed by atoms with Crippen LogP contribution in [0.15, 0.2) is 60.7 Å². The zero-order valence-electron chi connectivity index (χ0n) is 27.5. The molecule has 5 rings (SSSR count). The number of aliphatic hydroxyl groups excluding tert-OH is 1. The van der Waals surface area contributed by atoms with Gasteiger partial charge < -0.3 is 38.6 Å². The Morgan fingerprint density at radius 3 is 1.73 bits per heavy atom. The summed E-state index contributed by atoms with van der Waals surface area (Å²) >= 11 is 0. The van der Waals surface area contributed by atoms with E-state index in [9.17, 15) is 34.2 Å². The Labute approximate surface area is 277 Å². The highest BCUT2D eigenvalue weighted by Crippen LogP contribution is 2.69. The Morgan fingerprint density at radius 2 is 1.23 bits per heavy atom. The van der Waals surface area contributed by atoms with E-state index in [1.165, 1.54) is 31.2 Å². The number of rotatable bonds is 8. The molecule has 258 valence electrons. The van der Waals surface area contributed by atoms with Crippen molar-refractivity contribution < 1.29 is 62.6 Å². The van der Waals surface area contributed by atoms with Gasteiger partial charge in [0, 0.05) is 27.2 Å². The molecule has 3 aliphatic rings. The maximum Gasteiger partial charge on any atom is 0.338 e. The Morgan fingerprint density at radius 1 is 0.729 bits per heavy atom. The standard InChI is InChI=1S/C35H40O13/c1-19(36)43-18-34-27(44-20(2)37)24(46-30(40)22-13-9-7-10-14-22)17-33(6,42)35(34)28(45-21(3)38)25(32(4,5)48-35)26(39)29(34)47-31(41)23-15-11-8-12-16-23/h7-16,24-29,39,42H,17-18H2,1-6H3. The zero-order valence-corrected chi connectivity index (χ0v) is 27.5. The third-order valence-corrected chi connectivity index (χ3v) is 9.69. The highest BCUT2D eigenvalue weighted by Gasteiger charge is 2.88. The average Bonchev–Trinajstić information content (AvgIpc) is 3.22. The third-order valence-electron chi connectivity index (χ3n) is 9.69. The minimum absolute atomic E-state index is 0.0923. The zero-order chi connectivity index (χ0) is 35.2. The molecule has 2 N–H and O–H groups in total. The minimum atomic E-state index is -2.26. The van der Waals surface area contributed by atoms with Crippen molar-refractivity contribution in [3.8, 4) is 0 Å². The summed E-state index contributed by atoms with van der Waals surface area (Å²) < 4.78 is 36.3. The second-order valence-electron chi connectivity index (χ2n) is 13.3. The molecule has 0 aromatic heterocycles. The number of carbonyl (C=O) groups excluding carboxylic acids is 5. The van der Waals surface area contributed by atoms with Gasteiger partial charge >= 0.3 is 29.8 Å². The quantitative estimate of drug-likeness (QED) is 0.310. The van der Waals surface area contributed by atoms with Gasteiger partial charge in [0.05, 0.1) is 28.2 Å². The molecule has 0 amide bonds. The molecule has 13 heteroatoms. The molecular weight excluding hydrogens is 628 g/mol. The molecular formula is C35H40O13. The number of hydrogen-bond donors (Lipinski definition) is 2. The Balaban J connectivity index is 1.81. The molecule has 9 unspecified atom stereocenters. The predicted molar refractivity (Wildman–Crippen MR) is 164 cm³/mol. The van der Waals surface area contributed by atoms with E-state index in [0.29, 0.717) is 0 Å². The molecule has 0 radical (unpaired) electrons. The molecule has 9 atom stereocenters. The molecule has 2 saturated carbocycles. The van der Waals surface area contributed by atoms with Gasteiger partial charge in [0.15, 0.2) is 11.7 Å². The van der Waals surface area contributed by atoms with Crippen molar-refractivity contribution >= 4 is 29.8 Å². The van der Waals surface area contributed by atoms with Crippen molar-refractivity contribution in [2.75, 3.05) is 6.61 Å². The van der Waals surface area contributed by atoms with Gasteiger partial charge in [-0.05, 0) is 45.0 Å². The summed E-state index contributed by atoms with van der Waals surface area (Å²) in [5, 5.41) is 24.9. The Hall–Kier alpha value is -4.33. The second-order valence-corrected chi connectivity index (χ2v) is 13.3. The van der Waals surface area contributed by atoms with Crippen LogP contribution in [0.25, 0.3) is 0 Å². The van der Waals surface area contributed by atoms with Gasteiger partial charge in [0.1, 0.15) is 36.4 Å². The van der Waals surface area contributed by atoms with Crippen molar-refractivity contribution in [1.82, 2.24) is 0 Å². The number of carbonyl (C=O) groups is 5. The van der Waals surface area contributed by atoms with Crippen molar-refractivity contribution in [3.63, 3.8) is 0 Å². The van der Waals surface area contributed by atoms with E-state index < -0.39 is 102 Å². The van der Waals surface area contributed by atoms with Crippen molar-refractivity contribution in [3.05, 3.63) is 71.8 Å². The SMILES string of the molecule is CC(=O)OCC12C(OC(C)=O)C(OC(=O)c3ccccc3)CC(C)(O)C13OC(C)(C)C(C(O)C2OC(=O)c1ccccc1)C3OC(C)=O. The normalized spacial score (nSPS) is 34.6. The largest absolute Gasteiger partial charge is 0.465 e. The molecule has 2 aliphatic carbocycles. The lowest BCUT2D eigenvalue weighted by Crippen LogP contribution is -2.85. The highest BCUT2D eigenvalue weighted by molar-refractivity contribution is 5.90. The van der Waals surface area contributed by atoms with Crippen LogP contribution in [0.2, 0.25) is 0 Å². The summed E-state index contributed by atoms with van der Waals surface area (Å²) in [5.74, 6) is -5.39. The number of fused-ring (bicyclic) bond motifs is 1. The molecule has 2 bridgehead atoms. The van der Waals surface area contributed by atoms with Crippen LogP contribution in [0, 0.1) is 11.3 Å². The van der Waals surface area contributed by atoms with Crippen LogP contribution in [0.3, 0.4) is 0 Å². The van der Waals surface area contributed by atoms with E-state index in [1.54, 1.807) is 50.2 Å². The lowest BCUT2D eigenvalue weighted by atomic mass is 9.45. The maximum atomic E-state index is 13.8. The Kier molecular flexibility index (Phi) is 9.19. The van der Waals surface area contributed by atoms with Gasteiger partial charge in [-0.15, -0.1) is 0 Å². The second kappa shape index (κ2) is 12.6. The summed E-state index contributed by atoms with van der Waals surface area (Å²) in [4.78, 5) is 65.4. The summed E-state index contributed by atoms with van der Waals surface area (Å²) in [6, 6.07) is 15.8. The smallest absolute Gasteiger partial charge is 0.338 e. The lowest BCUT2D eigenvalue weighted by Gasteiger charge is -2.66. The first-order valence-corrected chi connectivity index (χ1v) is 15.6. The lowest BCUT2D eigenvalue weighted by molar-refractivity contribution is -0.362. The van der Waals surface area contributed by atoms with E-state index >= 15 is 0 Å². The third kappa shape index (κ3) is 5.63. The fourth-order valence-corrected chi connectivity index (χ4v) is 8.09. The van der Waals surface area contributed by atoms with Gasteiger partial charge in [0.2, 0.25) is 0 Å². The molecule has 1 spiro atoms. The highest BCUT2D eigenvalue weighted by atomic mass is 16.6. The van der Waals surface area contributed by atoms with E-state index in [-0.39, 0.29) is 11.1 Å². The van der Waals surface area contributed by atoms with Crippen LogP contribution in [-0.4, -0.2) is 94.0 Å². The summed E-state index contributed by atoms with van der Waals surface area (Å²) in [5.41, 5.74) is -7.79. The average molecular weight is 669 g/mol. The van der Waals surface area contributed by atoms with E-state index in [0.717, 1.165) is 20.8 Å². The van der Waals surface area contributed by atoms with Gasteiger partial charge in [-0.25, -0.2) is 9.59 Å². The molecule has 1 heterocycles. The number of benzene rings is 2. The summed E-state index contributed by atoms with van der Waals surface area (Å²) in [6.45, 7) is 7.08. The van der Waals surface area contributed by atoms with Crippen LogP contribution in [0.5, 0.6) is 0 Å². The minimum Gasteiger partial charge on any atom is -0.465 e. The van der Waals surface area contributed by atoms with Crippen LogP contribution in [0.1, 0.15) is 68.7 Å². The summed E-state index contributed by atoms with van der Waals surface area (Å²) in [7, 11) is 0. The van der Waals surface area contributed by atoms with Crippen molar-refractivity contribution in [1.29, 1.82) is 0 Å². The molecule has 13 nitrogen and oxygen atoms in total. The molecule has 1 aliphatic heterocycles. The van der Waals surface area contributed by atoms with Crippen LogP contribution < -0.4 is 0 Å². The first-order chi connectivity index (χ1) is 22.5. The fourth-order valence-electron chi connectivity index (χ4n) is 8.09. The van der Waals surface area contributed by atoms with Gasteiger partial charge in [-0.2, -0.15) is 0 Å². The van der Waals surface area contributed by atoms with Crippen LogP contribution in [-0.2, 0) is 42.8 Å². The Bertz CT molecular complexity index is 1570. The topological polar surface area (TPSA) is 181 Å². The van der Waals surface area contributed by atoms with E-state index in [2.05, 4.69) is 0 Å². The molecule has 1 saturated heterocycles. The van der Waals surface area contributed by atoms with Crippen LogP contribution in [0.4, 0.5) is 0 Å². The first kappa shape index (κ1) is 35.0. The monoisotopic (exact) mass is 668 g/mol. The molecule has 48 heavy (non-hydrogen) atoms. The number of esters is 5. The summed E-state index contributed by atoms with van der Waals surface area (Å²) in [6.07, 6.45) is -8.62. The van der Waals surface area contributed by atoms with Gasteiger partial charge in [0.25, 0.3) is 0 Å². The van der Waals surface area contributed by atoms with Crippen molar-refractivity contribution in [2.24, 2.45) is 11.3 Å². The first-order valence-electron chi connectivity index (χ1n) is 15.6. The van der Waals surface area contributed by atoms with Crippen molar-refractivity contribution in [2.45, 2.75) is 95.3 Å². The molecule has 3 fully saturated rings. The van der Waals surface area contributed by atoms with Gasteiger partial charge in [-0.3, -0.25) is 14.4 Å². The van der Waals surface area contributed by atoms with Gasteiger partial charge in [-0.1, -0.05) is 36.4 Å². The predicted octanol–water partition coefficient (Wildman–Crippen LogP) is 2.54. The van der Waals surface area contributed by atoms with Crippen LogP contribution >= 0.6 is 0 Å². The fraction of sp³-hybridized carbons (Fsp3) is 0.514. The van der Waals surface area contributed by atoms with E-state index in [4.69, 9.17) is 28.4 Å². The molecule has 2 aromatic rings. The number of aliphatic hydroxyl groups is 2. The molecule has 2 aromatic carbocycles. The number of ether oxygens (including phenoxy) is 6. The number of hydrogen-bond acceptors (Lipinski definition) is 13.